The lowest BCUT2D eigenvalue weighted by Gasteiger charge is -2.18. The van der Waals surface area contributed by atoms with Crippen LogP contribution >= 0.6 is 0 Å². The van der Waals surface area contributed by atoms with Gasteiger partial charge >= 0.3 is 0 Å². The van der Waals surface area contributed by atoms with Crippen molar-refractivity contribution in [2.75, 3.05) is 37.9 Å². The smallest absolute Gasteiger partial charge is 0.243 e. The van der Waals surface area contributed by atoms with Gasteiger partial charge in [-0.05, 0) is 36.2 Å². The number of rotatable bonds is 7. The fourth-order valence-corrected chi connectivity index (χ4v) is 2.42. The Bertz CT molecular complexity index is 697. The number of para-hydroxylation sites is 1. The molecule has 0 aromatic heterocycles. The second-order valence-electron chi connectivity index (χ2n) is 6.22. The van der Waals surface area contributed by atoms with E-state index >= 15 is 0 Å². The van der Waals surface area contributed by atoms with Gasteiger partial charge in [0.25, 0.3) is 0 Å². The number of carbonyl (C=O) groups is 2. The molecule has 2 aromatic carbocycles. The third-order valence-corrected chi connectivity index (χ3v) is 3.94. The summed E-state index contributed by atoms with van der Waals surface area (Å²) < 4.78 is 0. The predicted molar refractivity (Wildman–Crippen MR) is 102 cm³/mol. The predicted octanol–water partition coefficient (Wildman–Crippen LogP) is 2.78. The van der Waals surface area contributed by atoms with Crippen LogP contribution in [0.1, 0.15) is 12.0 Å². The van der Waals surface area contributed by atoms with Crippen molar-refractivity contribution in [3.8, 4) is 0 Å². The van der Waals surface area contributed by atoms with Crippen LogP contribution in [0.4, 0.5) is 11.4 Å². The van der Waals surface area contributed by atoms with Gasteiger partial charge in [0.2, 0.25) is 11.8 Å². The Morgan fingerprint density at radius 2 is 1.56 bits per heavy atom. The van der Waals surface area contributed by atoms with Crippen molar-refractivity contribution in [2.24, 2.45) is 0 Å². The molecule has 2 amide bonds. The van der Waals surface area contributed by atoms with E-state index in [0.717, 1.165) is 16.9 Å². The van der Waals surface area contributed by atoms with Crippen molar-refractivity contribution in [2.45, 2.75) is 12.8 Å². The normalized spacial score (nSPS) is 10.2. The quantitative estimate of drug-likeness (QED) is 0.844. The molecular formula is C20H25N3O2. The largest absolute Gasteiger partial charge is 0.365 e. The molecule has 0 atom stereocenters. The first-order valence-electron chi connectivity index (χ1n) is 8.31. The number of anilines is 2. The van der Waals surface area contributed by atoms with Gasteiger partial charge in [0.1, 0.15) is 0 Å². The SMILES string of the molecule is CN(C)C(=O)CCc1ccc(NC(=O)CN(C)c2ccccc2)cc1. The van der Waals surface area contributed by atoms with Crippen molar-refractivity contribution in [1.29, 1.82) is 0 Å². The average Bonchev–Trinajstić information content (AvgIpc) is 2.61. The minimum absolute atomic E-state index is 0.0677. The first-order valence-corrected chi connectivity index (χ1v) is 8.31. The van der Waals surface area contributed by atoms with E-state index in [9.17, 15) is 9.59 Å². The van der Waals surface area contributed by atoms with Crippen LogP contribution in [0.5, 0.6) is 0 Å². The number of nitrogens with zero attached hydrogens (tertiary/aromatic N) is 2. The molecule has 0 fully saturated rings. The monoisotopic (exact) mass is 339 g/mol. The number of hydrogen-bond acceptors (Lipinski definition) is 3. The number of carbonyl (C=O) groups excluding carboxylic acids is 2. The molecule has 0 aliphatic heterocycles. The molecule has 0 saturated heterocycles. The zero-order valence-electron chi connectivity index (χ0n) is 15.0. The Morgan fingerprint density at radius 3 is 2.16 bits per heavy atom. The van der Waals surface area contributed by atoms with E-state index in [1.807, 2.05) is 66.5 Å². The van der Waals surface area contributed by atoms with Crippen LogP contribution in [-0.2, 0) is 16.0 Å². The molecule has 0 radical (unpaired) electrons. The lowest BCUT2D eigenvalue weighted by atomic mass is 10.1. The Morgan fingerprint density at radius 1 is 0.920 bits per heavy atom. The van der Waals surface area contributed by atoms with Gasteiger partial charge in [-0.2, -0.15) is 0 Å². The summed E-state index contributed by atoms with van der Waals surface area (Å²) in [5, 5.41) is 2.90. The van der Waals surface area contributed by atoms with Gasteiger partial charge in [0.15, 0.2) is 0 Å². The van der Waals surface area contributed by atoms with Crippen LogP contribution in [0.25, 0.3) is 0 Å². The average molecular weight is 339 g/mol. The van der Waals surface area contributed by atoms with Crippen molar-refractivity contribution in [1.82, 2.24) is 4.90 Å². The van der Waals surface area contributed by atoms with Crippen LogP contribution in [0.2, 0.25) is 0 Å². The maximum Gasteiger partial charge on any atom is 0.243 e. The summed E-state index contributed by atoms with van der Waals surface area (Å²) in [5.41, 5.74) is 2.84. The lowest BCUT2D eigenvalue weighted by Crippen LogP contribution is -2.29. The highest BCUT2D eigenvalue weighted by Crippen LogP contribution is 2.13. The molecule has 0 heterocycles. The number of likely N-dealkylation sites (N-methyl/N-ethyl adjacent to an activating group) is 1. The van der Waals surface area contributed by atoms with Gasteiger partial charge < -0.3 is 15.1 Å². The molecule has 0 saturated carbocycles. The molecule has 25 heavy (non-hydrogen) atoms. The summed E-state index contributed by atoms with van der Waals surface area (Å²) in [6, 6.07) is 17.4. The minimum Gasteiger partial charge on any atom is -0.365 e. The topological polar surface area (TPSA) is 52.7 Å². The van der Waals surface area contributed by atoms with E-state index in [1.54, 1.807) is 19.0 Å². The number of nitrogens with one attached hydrogen (secondary N) is 1. The molecule has 5 heteroatoms. The van der Waals surface area contributed by atoms with Gasteiger partial charge in [-0.1, -0.05) is 30.3 Å². The van der Waals surface area contributed by atoms with E-state index < -0.39 is 0 Å². The van der Waals surface area contributed by atoms with Gasteiger partial charge in [-0.3, -0.25) is 9.59 Å². The number of amides is 2. The third kappa shape index (κ3) is 5.95. The maximum atomic E-state index is 12.2. The van der Waals surface area contributed by atoms with E-state index in [4.69, 9.17) is 0 Å². The van der Waals surface area contributed by atoms with Crippen molar-refractivity contribution >= 4 is 23.2 Å². The molecule has 0 unspecified atom stereocenters. The molecule has 2 aromatic rings. The summed E-state index contributed by atoms with van der Waals surface area (Å²) in [7, 11) is 5.40. The van der Waals surface area contributed by atoms with E-state index in [2.05, 4.69) is 5.32 Å². The minimum atomic E-state index is -0.0677. The number of aryl methyl sites for hydroxylation is 1. The highest BCUT2D eigenvalue weighted by atomic mass is 16.2. The Kier molecular flexibility index (Phi) is 6.57. The van der Waals surface area contributed by atoms with Gasteiger partial charge in [-0.15, -0.1) is 0 Å². The summed E-state index contributed by atoms with van der Waals surface area (Å²) in [6.45, 7) is 0.281. The van der Waals surface area contributed by atoms with Crippen molar-refractivity contribution < 1.29 is 9.59 Å². The highest BCUT2D eigenvalue weighted by molar-refractivity contribution is 5.94. The molecule has 132 valence electrons. The second kappa shape index (κ2) is 8.87. The molecule has 5 nitrogen and oxygen atoms in total. The summed E-state index contributed by atoms with van der Waals surface area (Å²) >= 11 is 0. The first kappa shape index (κ1) is 18.5. The molecule has 0 aliphatic carbocycles. The molecular weight excluding hydrogens is 314 g/mol. The Labute approximate surface area is 149 Å². The fraction of sp³-hybridized carbons (Fsp3) is 0.300. The summed E-state index contributed by atoms with van der Waals surface area (Å²) in [5.74, 6) is 0.0446. The second-order valence-corrected chi connectivity index (χ2v) is 6.22. The van der Waals surface area contributed by atoms with Crippen LogP contribution in [-0.4, -0.2) is 44.4 Å². The van der Waals surface area contributed by atoms with E-state index in [-0.39, 0.29) is 18.4 Å². The standard InChI is InChI=1S/C20H25N3O2/c1-22(2)20(25)14-11-16-9-12-17(13-10-16)21-19(24)15-23(3)18-7-5-4-6-8-18/h4-10,12-13H,11,14-15H2,1-3H3,(H,21,24). The maximum absolute atomic E-state index is 12.2. The molecule has 1 N–H and O–H groups in total. The zero-order valence-corrected chi connectivity index (χ0v) is 15.0. The fourth-order valence-electron chi connectivity index (χ4n) is 2.42. The number of benzene rings is 2. The highest BCUT2D eigenvalue weighted by Gasteiger charge is 2.08. The van der Waals surface area contributed by atoms with Gasteiger partial charge in [0.05, 0.1) is 6.54 Å². The summed E-state index contributed by atoms with van der Waals surface area (Å²) in [6.07, 6.45) is 1.18. The van der Waals surface area contributed by atoms with Crippen molar-refractivity contribution in [3.63, 3.8) is 0 Å². The van der Waals surface area contributed by atoms with Crippen molar-refractivity contribution in [3.05, 3.63) is 60.2 Å². The number of hydrogen-bond donors (Lipinski definition) is 1. The Hall–Kier alpha value is -2.82. The molecule has 0 spiro atoms. The van der Waals surface area contributed by atoms with Crippen LogP contribution < -0.4 is 10.2 Å². The molecule has 2 rings (SSSR count). The Balaban J connectivity index is 1.84. The van der Waals surface area contributed by atoms with E-state index in [0.29, 0.717) is 12.8 Å². The van der Waals surface area contributed by atoms with E-state index in [1.165, 1.54) is 0 Å². The molecule has 0 bridgehead atoms. The molecule has 0 aliphatic rings. The first-order chi connectivity index (χ1) is 12.0. The zero-order chi connectivity index (χ0) is 18.2. The van der Waals surface area contributed by atoms with Gasteiger partial charge in [0, 0.05) is 38.9 Å². The van der Waals surface area contributed by atoms with Gasteiger partial charge in [-0.25, -0.2) is 0 Å². The van der Waals surface area contributed by atoms with Crippen LogP contribution in [0.3, 0.4) is 0 Å². The van der Waals surface area contributed by atoms with Crippen LogP contribution in [0.15, 0.2) is 54.6 Å². The van der Waals surface area contributed by atoms with Crippen LogP contribution in [0, 0.1) is 0 Å². The summed E-state index contributed by atoms with van der Waals surface area (Å²) in [4.78, 5) is 27.3. The third-order valence-electron chi connectivity index (χ3n) is 3.94. The lowest BCUT2D eigenvalue weighted by molar-refractivity contribution is -0.128.